The van der Waals surface area contributed by atoms with Crippen molar-refractivity contribution in [3.05, 3.63) is 0 Å². The number of rotatable bonds is 2. The van der Waals surface area contributed by atoms with Crippen LogP contribution >= 0.6 is 0 Å². The lowest BCUT2D eigenvalue weighted by atomic mass is 9.67. The van der Waals surface area contributed by atoms with Crippen LogP contribution in [0.25, 0.3) is 0 Å². The molecule has 3 saturated carbocycles. The zero-order valence-corrected chi connectivity index (χ0v) is 11.8. The third-order valence-corrected chi connectivity index (χ3v) is 6.54. The molecule has 5 atom stereocenters. The normalized spacial score (nSPS) is 48.2. The van der Waals surface area contributed by atoms with Gasteiger partial charge in [0.2, 0.25) is 5.91 Å². The molecule has 1 amide bonds. The number of carbonyl (C=O) groups is 1. The molecule has 1 saturated heterocycles. The summed E-state index contributed by atoms with van der Waals surface area (Å²) in [6, 6.07) is 0.504. The maximum atomic E-state index is 12.9. The minimum Gasteiger partial charge on any atom is -0.353 e. The quantitative estimate of drug-likeness (QED) is 0.800. The van der Waals surface area contributed by atoms with E-state index in [0.29, 0.717) is 17.9 Å². The number of nitrogens with one attached hydrogen (secondary N) is 2. The highest BCUT2D eigenvalue weighted by atomic mass is 16.2. The molecule has 2 bridgehead atoms. The van der Waals surface area contributed by atoms with Crippen molar-refractivity contribution in [1.29, 1.82) is 0 Å². The molecule has 106 valence electrons. The first-order chi connectivity index (χ1) is 9.28. The van der Waals surface area contributed by atoms with Gasteiger partial charge in [-0.05, 0) is 56.4 Å². The Labute approximate surface area is 115 Å². The lowest BCUT2D eigenvalue weighted by molar-refractivity contribution is -0.135. The highest BCUT2D eigenvalue weighted by molar-refractivity contribution is 5.84. The fourth-order valence-electron chi connectivity index (χ4n) is 5.42. The Balaban J connectivity index is 1.47. The summed E-state index contributed by atoms with van der Waals surface area (Å²) < 4.78 is 0. The topological polar surface area (TPSA) is 41.1 Å². The van der Waals surface area contributed by atoms with E-state index < -0.39 is 0 Å². The van der Waals surface area contributed by atoms with Gasteiger partial charge in [-0.1, -0.05) is 19.3 Å². The van der Waals surface area contributed by atoms with Crippen LogP contribution in [-0.4, -0.2) is 25.0 Å². The van der Waals surface area contributed by atoms with Gasteiger partial charge >= 0.3 is 0 Å². The van der Waals surface area contributed by atoms with Crippen molar-refractivity contribution < 1.29 is 4.79 Å². The average Bonchev–Trinajstić information content (AvgIpc) is 3.13. The summed E-state index contributed by atoms with van der Waals surface area (Å²) in [6.07, 6.45) is 10.3. The zero-order chi connectivity index (χ0) is 12.9. The number of hydrogen-bond donors (Lipinski definition) is 2. The number of hydrogen-bond acceptors (Lipinski definition) is 2. The van der Waals surface area contributed by atoms with Gasteiger partial charge in [0.1, 0.15) is 0 Å². The summed E-state index contributed by atoms with van der Waals surface area (Å²) >= 11 is 0. The fraction of sp³-hybridized carbons (Fsp3) is 0.938. The van der Waals surface area contributed by atoms with Gasteiger partial charge in [0.25, 0.3) is 0 Å². The van der Waals surface area contributed by atoms with Crippen molar-refractivity contribution in [2.24, 2.45) is 23.2 Å². The molecule has 0 spiro atoms. The van der Waals surface area contributed by atoms with Crippen LogP contribution < -0.4 is 10.6 Å². The largest absolute Gasteiger partial charge is 0.353 e. The van der Waals surface area contributed by atoms with E-state index in [1.54, 1.807) is 0 Å². The number of carbonyl (C=O) groups excluding carboxylic acids is 1. The Morgan fingerprint density at radius 2 is 2.11 bits per heavy atom. The molecule has 3 nitrogen and oxygen atoms in total. The van der Waals surface area contributed by atoms with Crippen LogP contribution in [0.1, 0.15) is 51.4 Å². The van der Waals surface area contributed by atoms with Crippen molar-refractivity contribution in [1.82, 2.24) is 10.6 Å². The maximum absolute atomic E-state index is 12.9. The van der Waals surface area contributed by atoms with Crippen LogP contribution in [-0.2, 0) is 4.79 Å². The second kappa shape index (κ2) is 4.47. The minimum absolute atomic E-state index is 0.0555. The molecule has 4 aliphatic rings. The summed E-state index contributed by atoms with van der Waals surface area (Å²) in [5.74, 6) is 2.69. The van der Waals surface area contributed by atoms with Gasteiger partial charge in [-0.3, -0.25) is 4.79 Å². The molecule has 3 aliphatic carbocycles. The maximum Gasteiger partial charge on any atom is 0.228 e. The molecule has 3 unspecified atom stereocenters. The molecule has 1 heterocycles. The Bertz CT molecular complexity index is 383. The van der Waals surface area contributed by atoms with Crippen molar-refractivity contribution >= 4 is 5.91 Å². The van der Waals surface area contributed by atoms with E-state index in [1.165, 1.54) is 44.9 Å². The van der Waals surface area contributed by atoms with Gasteiger partial charge in [-0.15, -0.1) is 0 Å². The number of fused-ring (bicyclic) bond motifs is 3. The third-order valence-electron chi connectivity index (χ3n) is 6.54. The third kappa shape index (κ3) is 1.84. The molecule has 0 aromatic heterocycles. The average molecular weight is 262 g/mol. The predicted octanol–water partition coefficient (Wildman–Crippen LogP) is 2.07. The van der Waals surface area contributed by atoms with Gasteiger partial charge in [-0.2, -0.15) is 0 Å². The minimum atomic E-state index is -0.0555. The van der Waals surface area contributed by atoms with Crippen LogP contribution in [0.4, 0.5) is 0 Å². The van der Waals surface area contributed by atoms with Crippen LogP contribution in [0.5, 0.6) is 0 Å². The Kier molecular flexibility index (Phi) is 2.87. The van der Waals surface area contributed by atoms with Crippen LogP contribution in [0.2, 0.25) is 0 Å². The standard InChI is InChI=1S/C16H26N2O/c19-15(18-14-8-11-4-5-12(14)7-11)16-6-2-1-3-13(16)9-17-10-16/h11-14,17H,1-10H2,(H,18,19)/t11?,12?,13-,14?,16+/m0/s1. The van der Waals surface area contributed by atoms with Gasteiger partial charge in [-0.25, -0.2) is 0 Å². The SMILES string of the molecule is O=C(NC1CC2CCC1C2)[C@@]12CCCC[C@H]1CNC2. The van der Waals surface area contributed by atoms with Crippen molar-refractivity contribution in [2.75, 3.05) is 13.1 Å². The summed E-state index contributed by atoms with van der Waals surface area (Å²) in [7, 11) is 0. The van der Waals surface area contributed by atoms with Crippen molar-refractivity contribution in [3.63, 3.8) is 0 Å². The lowest BCUT2D eigenvalue weighted by Gasteiger charge is -2.38. The van der Waals surface area contributed by atoms with E-state index in [0.717, 1.165) is 31.3 Å². The highest BCUT2D eigenvalue weighted by Crippen LogP contribution is 2.47. The smallest absolute Gasteiger partial charge is 0.228 e. The van der Waals surface area contributed by atoms with E-state index in [2.05, 4.69) is 10.6 Å². The first-order valence-electron chi connectivity index (χ1n) is 8.30. The van der Waals surface area contributed by atoms with Gasteiger partial charge in [0, 0.05) is 12.6 Å². The van der Waals surface area contributed by atoms with Crippen molar-refractivity contribution in [2.45, 2.75) is 57.4 Å². The summed E-state index contributed by atoms with van der Waals surface area (Å²) in [6.45, 7) is 1.98. The molecule has 4 rings (SSSR count). The number of amides is 1. The zero-order valence-electron chi connectivity index (χ0n) is 11.8. The van der Waals surface area contributed by atoms with E-state index >= 15 is 0 Å². The van der Waals surface area contributed by atoms with Crippen LogP contribution in [0.15, 0.2) is 0 Å². The summed E-state index contributed by atoms with van der Waals surface area (Å²) in [5, 5.41) is 6.95. The van der Waals surface area contributed by atoms with E-state index in [1.807, 2.05) is 0 Å². The molecule has 3 heteroatoms. The Morgan fingerprint density at radius 3 is 2.89 bits per heavy atom. The molecular formula is C16H26N2O. The Hall–Kier alpha value is -0.570. The predicted molar refractivity (Wildman–Crippen MR) is 74.6 cm³/mol. The molecule has 1 aliphatic heterocycles. The Morgan fingerprint density at radius 1 is 1.16 bits per heavy atom. The molecule has 0 radical (unpaired) electrons. The second-order valence-corrected chi connectivity index (χ2v) is 7.48. The van der Waals surface area contributed by atoms with Gasteiger partial charge in [0.05, 0.1) is 5.41 Å². The van der Waals surface area contributed by atoms with Crippen LogP contribution in [0, 0.1) is 23.2 Å². The molecule has 4 fully saturated rings. The summed E-state index contributed by atoms with van der Waals surface area (Å²) in [4.78, 5) is 12.9. The highest BCUT2D eigenvalue weighted by Gasteiger charge is 2.51. The van der Waals surface area contributed by atoms with E-state index in [9.17, 15) is 4.79 Å². The van der Waals surface area contributed by atoms with E-state index in [4.69, 9.17) is 0 Å². The van der Waals surface area contributed by atoms with Gasteiger partial charge in [0.15, 0.2) is 0 Å². The first-order valence-corrected chi connectivity index (χ1v) is 8.30. The van der Waals surface area contributed by atoms with Gasteiger partial charge < -0.3 is 10.6 Å². The lowest BCUT2D eigenvalue weighted by Crippen LogP contribution is -2.51. The molecule has 0 aromatic carbocycles. The molecular weight excluding hydrogens is 236 g/mol. The molecule has 2 N–H and O–H groups in total. The first kappa shape index (κ1) is 12.2. The van der Waals surface area contributed by atoms with Crippen LogP contribution in [0.3, 0.4) is 0 Å². The molecule has 19 heavy (non-hydrogen) atoms. The second-order valence-electron chi connectivity index (χ2n) is 7.48. The fourth-order valence-corrected chi connectivity index (χ4v) is 5.42. The van der Waals surface area contributed by atoms with Crippen molar-refractivity contribution in [3.8, 4) is 0 Å². The monoisotopic (exact) mass is 262 g/mol. The molecule has 0 aromatic rings. The van der Waals surface area contributed by atoms with E-state index in [-0.39, 0.29) is 5.41 Å². The summed E-state index contributed by atoms with van der Waals surface area (Å²) in [5.41, 5.74) is -0.0555.